The lowest BCUT2D eigenvalue weighted by atomic mass is 9.99. The van der Waals surface area contributed by atoms with Crippen LogP contribution in [0.2, 0.25) is 0 Å². The maximum atomic E-state index is 4.68. The Balaban J connectivity index is 2.33. The highest BCUT2D eigenvalue weighted by Crippen LogP contribution is 2.22. The number of thiazole rings is 1. The summed E-state index contributed by atoms with van der Waals surface area (Å²) in [6.07, 6.45) is 10.4. The molecular formula is C19H37N3S. The molecule has 0 saturated heterocycles. The molecule has 0 aliphatic carbocycles. The maximum Gasteiger partial charge on any atom is 0.184 e. The highest BCUT2D eigenvalue weighted by Gasteiger charge is 2.09. The normalized spacial score (nSPS) is 13.7. The highest BCUT2D eigenvalue weighted by molar-refractivity contribution is 7.14. The molecule has 0 spiro atoms. The highest BCUT2D eigenvalue weighted by atomic mass is 32.1. The molecule has 134 valence electrons. The number of hydrogen-bond donors (Lipinski definition) is 2. The predicted molar refractivity (Wildman–Crippen MR) is 106 cm³/mol. The van der Waals surface area contributed by atoms with Gasteiger partial charge in [-0.05, 0) is 24.7 Å². The maximum absolute atomic E-state index is 4.68. The van der Waals surface area contributed by atoms with Gasteiger partial charge < -0.3 is 10.6 Å². The first-order valence-corrected chi connectivity index (χ1v) is 10.5. The second-order valence-electron chi connectivity index (χ2n) is 6.63. The van der Waals surface area contributed by atoms with E-state index < -0.39 is 0 Å². The Hall–Kier alpha value is -0.770. The third-order valence-corrected chi connectivity index (χ3v) is 5.50. The fraction of sp³-hybridized carbons (Fsp3) is 0.842. The van der Waals surface area contributed by atoms with Crippen molar-refractivity contribution in [1.29, 1.82) is 0 Å². The lowest BCUT2D eigenvalue weighted by Crippen LogP contribution is -2.15. The van der Waals surface area contributed by atoms with Crippen molar-refractivity contribution in [3.05, 3.63) is 5.38 Å². The Morgan fingerprint density at radius 3 is 2.00 bits per heavy atom. The second kappa shape index (κ2) is 12.6. The molecule has 1 rings (SSSR count). The quantitative estimate of drug-likeness (QED) is 0.412. The van der Waals surface area contributed by atoms with Crippen LogP contribution in [0.1, 0.15) is 79.1 Å². The Morgan fingerprint density at radius 1 is 0.913 bits per heavy atom. The van der Waals surface area contributed by atoms with Gasteiger partial charge in [-0.2, -0.15) is 0 Å². The first kappa shape index (κ1) is 20.3. The smallest absolute Gasteiger partial charge is 0.184 e. The molecule has 0 amide bonds. The number of rotatable bonds is 14. The third-order valence-electron chi connectivity index (χ3n) is 4.70. The Morgan fingerprint density at radius 2 is 1.48 bits per heavy atom. The van der Waals surface area contributed by atoms with Gasteiger partial charge >= 0.3 is 0 Å². The van der Waals surface area contributed by atoms with Crippen LogP contribution in [0.25, 0.3) is 0 Å². The van der Waals surface area contributed by atoms with E-state index in [9.17, 15) is 0 Å². The van der Waals surface area contributed by atoms with E-state index in [1.807, 2.05) is 0 Å². The lowest BCUT2D eigenvalue weighted by Gasteiger charge is -2.15. The van der Waals surface area contributed by atoms with Crippen LogP contribution in [0.4, 0.5) is 10.9 Å². The summed E-state index contributed by atoms with van der Waals surface area (Å²) in [5, 5.41) is 10.2. The monoisotopic (exact) mass is 339 g/mol. The summed E-state index contributed by atoms with van der Waals surface area (Å²) >= 11 is 1.72. The third kappa shape index (κ3) is 8.59. The standard InChI is InChI=1S/C19H37N3S/c1-5-9-11-16(7-3)13-20-18-15-23-19(22-18)21-14-17(8-4)12-10-6-2/h15-17,20H,5-14H2,1-4H3,(H,21,22). The van der Waals surface area contributed by atoms with Crippen molar-refractivity contribution in [3.63, 3.8) is 0 Å². The number of nitrogens with zero attached hydrogens (tertiary/aromatic N) is 1. The van der Waals surface area contributed by atoms with E-state index in [-0.39, 0.29) is 0 Å². The summed E-state index contributed by atoms with van der Waals surface area (Å²) in [6, 6.07) is 0. The van der Waals surface area contributed by atoms with E-state index in [2.05, 4.69) is 48.7 Å². The van der Waals surface area contributed by atoms with Crippen LogP contribution < -0.4 is 10.6 Å². The molecule has 0 radical (unpaired) electrons. The van der Waals surface area contributed by atoms with Crippen molar-refractivity contribution in [1.82, 2.24) is 4.98 Å². The van der Waals surface area contributed by atoms with Crippen LogP contribution in [0.3, 0.4) is 0 Å². The van der Waals surface area contributed by atoms with E-state index in [4.69, 9.17) is 0 Å². The van der Waals surface area contributed by atoms with Crippen molar-refractivity contribution in [2.24, 2.45) is 11.8 Å². The predicted octanol–water partition coefficient (Wildman–Crippen LogP) is 6.40. The Kier molecular flexibility index (Phi) is 11.1. The number of hydrogen-bond acceptors (Lipinski definition) is 4. The zero-order chi connectivity index (χ0) is 16.9. The van der Waals surface area contributed by atoms with Gasteiger partial charge in [0.1, 0.15) is 5.82 Å². The molecule has 1 aromatic rings. The Bertz CT molecular complexity index is 357. The van der Waals surface area contributed by atoms with Gasteiger partial charge in [-0.1, -0.05) is 66.2 Å². The molecule has 2 atom stereocenters. The number of unbranched alkanes of at least 4 members (excludes halogenated alkanes) is 2. The molecule has 0 saturated carbocycles. The molecule has 2 N–H and O–H groups in total. The average Bonchev–Trinajstić information content (AvgIpc) is 3.03. The fourth-order valence-electron chi connectivity index (χ4n) is 2.80. The molecule has 0 bridgehead atoms. The number of aromatic nitrogens is 1. The van der Waals surface area contributed by atoms with Gasteiger partial charge in [0, 0.05) is 18.5 Å². The zero-order valence-electron chi connectivity index (χ0n) is 15.7. The minimum Gasteiger partial charge on any atom is -0.369 e. The van der Waals surface area contributed by atoms with Crippen LogP contribution in [-0.2, 0) is 0 Å². The summed E-state index contributed by atoms with van der Waals surface area (Å²) in [7, 11) is 0. The molecule has 0 aliphatic rings. The molecule has 0 aliphatic heterocycles. The largest absolute Gasteiger partial charge is 0.369 e. The molecule has 0 aromatic carbocycles. The molecule has 1 aromatic heterocycles. The summed E-state index contributed by atoms with van der Waals surface area (Å²) in [6.45, 7) is 11.2. The first-order chi connectivity index (χ1) is 11.2. The SMILES string of the molecule is CCCCC(CC)CNc1csc(NCC(CC)CCCC)n1. The minimum absolute atomic E-state index is 0.770. The molecule has 1 heterocycles. The molecular weight excluding hydrogens is 302 g/mol. The van der Waals surface area contributed by atoms with Crippen molar-refractivity contribution >= 4 is 22.3 Å². The summed E-state index contributed by atoms with van der Waals surface area (Å²) in [4.78, 5) is 4.68. The second-order valence-corrected chi connectivity index (χ2v) is 7.49. The molecule has 23 heavy (non-hydrogen) atoms. The van der Waals surface area contributed by atoms with Gasteiger partial charge in [0.15, 0.2) is 5.13 Å². The van der Waals surface area contributed by atoms with Gasteiger partial charge in [0.2, 0.25) is 0 Å². The van der Waals surface area contributed by atoms with E-state index >= 15 is 0 Å². The van der Waals surface area contributed by atoms with Gasteiger partial charge in [-0.25, -0.2) is 4.98 Å². The van der Waals surface area contributed by atoms with Crippen LogP contribution in [0.5, 0.6) is 0 Å². The van der Waals surface area contributed by atoms with Crippen LogP contribution in [0, 0.1) is 11.8 Å². The number of anilines is 2. The molecule has 4 heteroatoms. The van der Waals surface area contributed by atoms with Crippen LogP contribution >= 0.6 is 11.3 Å². The Labute approximate surface area is 147 Å². The van der Waals surface area contributed by atoms with E-state index in [0.29, 0.717) is 0 Å². The lowest BCUT2D eigenvalue weighted by molar-refractivity contribution is 0.472. The molecule has 0 fully saturated rings. The average molecular weight is 340 g/mol. The van der Waals surface area contributed by atoms with Crippen LogP contribution in [-0.4, -0.2) is 18.1 Å². The topological polar surface area (TPSA) is 37.0 Å². The van der Waals surface area contributed by atoms with E-state index in [1.54, 1.807) is 11.3 Å². The molecule has 2 unspecified atom stereocenters. The van der Waals surface area contributed by atoms with Crippen molar-refractivity contribution in [2.45, 2.75) is 79.1 Å². The van der Waals surface area contributed by atoms with Crippen molar-refractivity contribution in [2.75, 3.05) is 23.7 Å². The van der Waals surface area contributed by atoms with Crippen molar-refractivity contribution < 1.29 is 0 Å². The fourth-order valence-corrected chi connectivity index (χ4v) is 3.48. The van der Waals surface area contributed by atoms with Crippen LogP contribution in [0.15, 0.2) is 5.38 Å². The summed E-state index contributed by atoms with van der Waals surface area (Å²) < 4.78 is 0. The van der Waals surface area contributed by atoms with E-state index in [1.165, 1.54) is 51.4 Å². The number of nitrogens with one attached hydrogen (secondary N) is 2. The van der Waals surface area contributed by atoms with Gasteiger partial charge in [0.05, 0.1) is 0 Å². The van der Waals surface area contributed by atoms with Gasteiger partial charge in [0.25, 0.3) is 0 Å². The van der Waals surface area contributed by atoms with Crippen molar-refractivity contribution in [3.8, 4) is 0 Å². The minimum atomic E-state index is 0.770. The molecule has 3 nitrogen and oxygen atoms in total. The first-order valence-electron chi connectivity index (χ1n) is 9.66. The van der Waals surface area contributed by atoms with Gasteiger partial charge in [-0.15, -0.1) is 11.3 Å². The summed E-state index contributed by atoms with van der Waals surface area (Å²) in [5.74, 6) is 2.58. The van der Waals surface area contributed by atoms with E-state index in [0.717, 1.165) is 35.9 Å². The zero-order valence-corrected chi connectivity index (χ0v) is 16.5. The van der Waals surface area contributed by atoms with Gasteiger partial charge in [-0.3, -0.25) is 0 Å². The summed E-state index contributed by atoms with van der Waals surface area (Å²) in [5.41, 5.74) is 0.